The van der Waals surface area contributed by atoms with Crippen molar-refractivity contribution in [3.05, 3.63) is 82.9 Å². The Balaban J connectivity index is 1.52. The Bertz CT molecular complexity index is 1180. The van der Waals surface area contributed by atoms with Crippen LogP contribution in [0.5, 0.6) is 17.2 Å². The summed E-state index contributed by atoms with van der Waals surface area (Å²) in [5.74, 6) is 0.833. The van der Waals surface area contributed by atoms with Gasteiger partial charge in [0.25, 0.3) is 11.8 Å². The van der Waals surface area contributed by atoms with Crippen LogP contribution in [0.15, 0.2) is 71.8 Å². The maximum absolute atomic E-state index is 12.4. The zero-order chi connectivity index (χ0) is 25.0. The number of nitrogens with one attached hydrogen (secondary N) is 2. The van der Waals surface area contributed by atoms with Gasteiger partial charge in [0.15, 0.2) is 18.1 Å². The lowest BCUT2D eigenvalue weighted by Gasteiger charge is -2.11. The minimum Gasteiger partial charge on any atom is -0.493 e. The topological polar surface area (TPSA) is 98.3 Å². The molecule has 9 heteroatoms. The summed E-state index contributed by atoms with van der Waals surface area (Å²) in [6.45, 7) is 2.40. The van der Waals surface area contributed by atoms with E-state index in [1.807, 2.05) is 6.92 Å². The second-order valence-corrected chi connectivity index (χ2v) is 7.77. The van der Waals surface area contributed by atoms with E-state index in [9.17, 15) is 9.59 Å². The van der Waals surface area contributed by atoms with E-state index < -0.39 is 5.91 Å². The molecule has 35 heavy (non-hydrogen) atoms. The number of carbonyl (C=O) groups excluding carboxylic acids is 2. The van der Waals surface area contributed by atoms with Gasteiger partial charge in [-0.15, -0.1) is 0 Å². The van der Waals surface area contributed by atoms with Crippen LogP contribution >= 0.6 is 11.6 Å². The maximum atomic E-state index is 12.4. The number of hydrazone groups is 1. The van der Waals surface area contributed by atoms with Crippen molar-refractivity contribution < 1.29 is 23.8 Å². The van der Waals surface area contributed by atoms with E-state index >= 15 is 0 Å². The molecule has 0 radical (unpaired) electrons. The lowest BCUT2D eigenvalue weighted by atomic mass is 10.2. The molecule has 0 saturated carbocycles. The Kier molecular flexibility index (Phi) is 9.50. The van der Waals surface area contributed by atoms with Gasteiger partial charge in [0.1, 0.15) is 5.75 Å². The molecule has 0 aliphatic carbocycles. The Labute approximate surface area is 208 Å². The van der Waals surface area contributed by atoms with Gasteiger partial charge in [-0.1, -0.05) is 30.7 Å². The molecule has 8 nitrogen and oxygen atoms in total. The standard InChI is InChI=1S/C26H26ClN3O5/c1-3-13-34-23-12-7-19(15-24(23)33-2)26(32)30-28-16-18-5-4-6-22(14-18)35-17-25(31)29-21-10-8-20(27)9-11-21/h4-12,14-16H,3,13,17H2,1-2H3,(H,29,31)(H,30,32)/b28-16+. The van der Waals surface area contributed by atoms with Crippen molar-refractivity contribution in [2.24, 2.45) is 5.10 Å². The van der Waals surface area contributed by atoms with Gasteiger partial charge in [-0.3, -0.25) is 9.59 Å². The number of rotatable bonds is 11. The van der Waals surface area contributed by atoms with Gasteiger partial charge >= 0.3 is 0 Å². The van der Waals surface area contributed by atoms with Gasteiger partial charge in [-0.05, 0) is 66.6 Å². The monoisotopic (exact) mass is 495 g/mol. The first-order chi connectivity index (χ1) is 17.0. The van der Waals surface area contributed by atoms with Crippen molar-refractivity contribution in [3.8, 4) is 17.2 Å². The molecule has 0 saturated heterocycles. The molecular formula is C26H26ClN3O5. The van der Waals surface area contributed by atoms with Gasteiger partial charge in [0.2, 0.25) is 0 Å². The van der Waals surface area contributed by atoms with Crippen LogP contribution in [-0.2, 0) is 4.79 Å². The van der Waals surface area contributed by atoms with E-state index in [0.29, 0.717) is 45.7 Å². The number of hydrogen-bond acceptors (Lipinski definition) is 6. The third-order valence-corrected chi connectivity index (χ3v) is 4.88. The van der Waals surface area contributed by atoms with E-state index in [1.54, 1.807) is 66.7 Å². The summed E-state index contributed by atoms with van der Waals surface area (Å²) in [6.07, 6.45) is 2.34. The van der Waals surface area contributed by atoms with Crippen LogP contribution in [0.4, 0.5) is 5.69 Å². The third-order valence-electron chi connectivity index (χ3n) is 4.62. The van der Waals surface area contributed by atoms with Crippen molar-refractivity contribution in [1.29, 1.82) is 0 Å². The van der Waals surface area contributed by atoms with Crippen molar-refractivity contribution in [2.45, 2.75) is 13.3 Å². The van der Waals surface area contributed by atoms with Crippen LogP contribution in [0.25, 0.3) is 0 Å². The molecule has 0 aromatic heterocycles. The minimum absolute atomic E-state index is 0.167. The lowest BCUT2D eigenvalue weighted by Crippen LogP contribution is -2.20. The van der Waals surface area contributed by atoms with Crippen molar-refractivity contribution in [2.75, 3.05) is 25.6 Å². The third kappa shape index (κ3) is 8.04. The molecule has 3 rings (SSSR count). The molecule has 0 spiro atoms. The van der Waals surface area contributed by atoms with Crippen molar-refractivity contribution in [1.82, 2.24) is 5.43 Å². The molecule has 0 aliphatic rings. The zero-order valence-corrected chi connectivity index (χ0v) is 20.2. The highest BCUT2D eigenvalue weighted by molar-refractivity contribution is 6.30. The highest BCUT2D eigenvalue weighted by Crippen LogP contribution is 2.28. The normalized spacial score (nSPS) is 10.6. The van der Waals surface area contributed by atoms with Crippen LogP contribution in [0.1, 0.15) is 29.3 Å². The van der Waals surface area contributed by atoms with Gasteiger partial charge in [-0.2, -0.15) is 5.10 Å². The second kappa shape index (κ2) is 13.0. The van der Waals surface area contributed by atoms with E-state index in [-0.39, 0.29) is 12.5 Å². The molecule has 0 atom stereocenters. The van der Waals surface area contributed by atoms with Crippen molar-refractivity contribution in [3.63, 3.8) is 0 Å². The summed E-state index contributed by atoms with van der Waals surface area (Å²) in [7, 11) is 1.52. The molecule has 0 aliphatic heterocycles. The number of nitrogens with zero attached hydrogens (tertiary/aromatic N) is 1. The second-order valence-electron chi connectivity index (χ2n) is 7.33. The van der Waals surface area contributed by atoms with E-state index in [4.69, 9.17) is 25.8 Å². The minimum atomic E-state index is -0.395. The SMILES string of the molecule is CCCOc1ccc(C(=O)N/N=C/c2cccc(OCC(=O)Nc3ccc(Cl)cc3)c2)cc1OC. The Morgan fingerprint density at radius 2 is 1.80 bits per heavy atom. The number of halogens is 1. The summed E-state index contributed by atoms with van der Waals surface area (Å²) >= 11 is 5.84. The summed E-state index contributed by atoms with van der Waals surface area (Å²) in [5.41, 5.74) is 4.17. The molecule has 0 unspecified atom stereocenters. The van der Waals surface area contributed by atoms with Crippen LogP contribution < -0.4 is 25.0 Å². The number of benzene rings is 3. The van der Waals surface area contributed by atoms with Crippen LogP contribution in [0.3, 0.4) is 0 Å². The highest BCUT2D eigenvalue weighted by atomic mass is 35.5. The average molecular weight is 496 g/mol. The number of anilines is 1. The molecule has 0 bridgehead atoms. The number of methoxy groups -OCH3 is 1. The fourth-order valence-electron chi connectivity index (χ4n) is 2.93. The van der Waals surface area contributed by atoms with Crippen LogP contribution in [0, 0.1) is 0 Å². The van der Waals surface area contributed by atoms with Crippen LogP contribution in [-0.4, -0.2) is 38.4 Å². The molecule has 2 amide bonds. The fraction of sp³-hybridized carbons (Fsp3) is 0.192. The molecular weight excluding hydrogens is 470 g/mol. The maximum Gasteiger partial charge on any atom is 0.271 e. The first-order valence-corrected chi connectivity index (χ1v) is 11.3. The van der Waals surface area contributed by atoms with Gasteiger partial charge in [0, 0.05) is 16.3 Å². The molecule has 2 N–H and O–H groups in total. The van der Waals surface area contributed by atoms with Crippen molar-refractivity contribution >= 4 is 35.3 Å². The molecule has 3 aromatic rings. The summed E-state index contributed by atoms with van der Waals surface area (Å²) in [4.78, 5) is 24.5. The predicted molar refractivity (Wildman–Crippen MR) is 136 cm³/mol. The zero-order valence-electron chi connectivity index (χ0n) is 19.4. The van der Waals surface area contributed by atoms with Gasteiger partial charge in [0.05, 0.1) is 19.9 Å². The average Bonchev–Trinajstić information content (AvgIpc) is 2.87. The largest absolute Gasteiger partial charge is 0.493 e. The summed E-state index contributed by atoms with van der Waals surface area (Å²) in [6, 6.07) is 18.7. The van der Waals surface area contributed by atoms with E-state index in [2.05, 4.69) is 15.8 Å². The summed E-state index contributed by atoms with van der Waals surface area (Å²) in [5, 5.41) is 7.31. The Morgan fingerprint density at radius 1 is 1.00 bits per heavy atom. The van der Waals surface area contributed by atoms with Gasteiger partial charge < -0.3 is 19.5 Å². The number of ether oxygens (including phenoxy) is 3. The molecule has 182 valence electrons. The smallest absolute Gasteiger partial charge is 0.271 e. The fourth-order valence-corrected chi connectivity index (χ4v) is 3.06. The molecule has 0 heterocycles. The van der Waals surface area contributed by atoms with E-state index in [1.165, 1.54) is 13.3 Å². The van der Waals surface area contributed by atoms with Crippen LogP contribution in [0.2, 0.25) is 5.02 Å². The number of hydrogen-bond donors (Lipinski definition) is 2. The number of amides is 2. The number of carbonyl (C=O) groups is 2. The Hall–Kier alpha value is -4.04. The quantitative estimate of drug-likeness (QED) is 0.290. The summed E-state index contributed by atoms with van der Waals surface area (Å²) < 4.78 is 16.5. The lowest BCUT2D eigenvalue weighted by molar-refractivity contribution is -0.118. The van der Waals surface area contributed by atoms with Gasteiger partial charge in [-0.25, -0.2) is 5.43 Å². The highest BCUT2D eigenvalue weighted by Gasteiger charge is 2.11. The molecule has 3 aromatic carbocycles. The first kappa shape index (κ1) is 25.6. The van der Waals surface area contributed by atoms with E-state index in [0.717, 1.165) is 6.42 Å². The Morgan fingerprint density at radius 3 is 2.54 bits per heavy atom. The molecule has 0 fully saturated rings. The first-order valence-electron chi connectivity index (χ1n) is 10.9. The predicted octanol–water partition coefficient (Wildman–Crippen LogP) is 4.92.